The molecule has 78 heavy (non-hydrogen) atoms. The Morgan fingerprint density at radius 1 is 0.603 bits per heavy atom. The van der Waals surface area contributed by atoms with Crippen LogP contribution < -0.4 is 71.2 Å². The molecule has 0 saturated carbocycles. The van der Waals surface area contributed by atoms with Gasteiger partial charge in [0.15, 0.2) is 5.96 Å². The number of para-hydroxylation sites is 1. The first kappa shape index (κ1) is 64.7. The molecule has 24 nitrogen and oxygen atoms in total. The van der Waals surface area contributed by atoms with Crippen LogP contribution in [0.3, 0.4) is 0 Å². The molecule has 0 bridgehead atoms. The number of hydrogen-bond donors (Lipinski definition) is 14. The van der Waals surface area contributed by atoms with Gasteiger partial charge in [-0.2, -0.15) is 0 Å². The van der Waals surface area contributed by atoms with E-state index in [1.54, 1.807) is 27.0 Å². The van der Waals surface area contributed by atoms with Crippen molar-refractivity contribution in [3.05, 3.63) is 71.9 Å². The normalized spacial score (nSPS) is 14.7. The van der Waals surface area contributed by atoms with E-state index in [2.05, 4.69) is 52.5 Å². The molecule has 3 aromatic rings. The summed E-state index contributed by atoms with van der Waals surface area (Å²) in [4.78, 5) is 130. The van der Waals surface area contributed by atoms with Gasteiger partial charge in [0, 0.05) is 30.1 Å². The summed E-state index contributed by atoms with van der Waals surface area (Å²) < 4.78 is 0. The molecule has 9 atom stereocenters. The predicted octanol–water partition coefficient (Wildman–Crippen LogP) is -0.774. The lowest BCUT2D eigenvalue weighted by molar-refractivity contribution is -0.136. The minimum atomic E-state index is -1.30. The standard InChI is InChI=1S/C54H85N15O9/c1-8-32(6)45(69-48(73)37(56)26-34-17-10-9-11-18-34)53(78)63-33(7)47(72)66-42(27-35-28-61-38-20-13-12-19-36(35)38)50(75)67-41(25-30(2)3)51(76)68-44(31(4)5)52(77)65-40(21-14-15-23-55)49(74)62-29-43(70)64-39(46(57)71)22-16-24-60-54(58)59/h9-13,17-20,28,30-33,37,39-42,44-45,61H,8,14-16,21-27,29,55-56H2,1-7H3,(H2,57,71)(H,62,74)(H,63,78)(H,64,70)(H,65,77)(H,66,72)(H,67,75)(H,68,76)(H,69,73)(H4,58,59,60)/t32-,33-,37-,39+,40-,41-,42-,44-,45?/m0/s1. The summed E-state index contributed by atoms with van der Waals surface area (Å²) >= 11 is 0. The molecule has 0 saturated heterocycles. The maximum atomic E-state index is 14.6. The van der Waals surface area contributed by atoms with E-state index in [0.717, 1.165) is 16.5 Å². The molecule has 3 rings (SSSR count). The molecule has 0 fully saturated rings. The number of amides is 9. The highest BCUT2D eigenvalue weighted by Gasteiger charge is 2.35. The van der Waals surface area contributed by atoms with Gasteiger partial charge in [-0.1, -0.05) is 96.5 Å². The van der Waals surface area contributed by atoms with Gasteiger partial charge in [0.05, 0.1) is 12.6 Å². The Hall–Kier alpha value is -7.60. The van der Waals surface area contributed by atoms with Crippen LogP contribution in [0.15, 0.2) is 65.8 Å². The highest BCUT2D eigenvalue weighted by atomic mass is 16.2. The number of carbonyl (C=O) groups excluding carboxylic acids is 9. The average Bonchev–Trinajstić information content (AvgIpc) is 3.82. The van der Waals surface area contributed by atoms with Crippen molar-refractivity contribution in [2.45, 2.75) is 155 Å². The summed E-state index contributed by atoms with van der Waals surface area (Å²) in [6.45, 7) is 12.1. The number of hydrogen-bond acceptors (Lipinski definition) is 12. The number of nitrogens with two attached hydrogens (primary N) is 5. The summed E-state index contributed by atoms with van der Waals surface area (Å²) in [6, 6.07) is 7.42. The Labute approximate surface area is 456 Å². The van der Waals surface area contributed by atoms with E-state index in [-0.39, 0.29) is 56.4 Å². The topological polar surface area (TPSA) is 408 Å². The first-order valence-corrected chi connectivity index (χ1v) is 26.7. The number of benzene rings is 2. The third-order valence-electron chi connectivity index (χ3n) is 13.1. The number of primary amides is 1. The lowest BCUT2D eigenvalue weighted by Gasteiger charge is -2.29. The number of fused-ring (bicyclic) bond motifs is 1. The Morgan fingerprint density at radius 3 is 1.83 bits per heavy atom. The minimum absolute atomic E-state index is 0.0398. The number of guanidine groups is 1. The van der Waals surface area contributed by atoms with Crippen LogP contribution in [0.1, 0.15) is 105 Å². The van der Waals surface area contributed by atoms with Gasteiger partial charge in [0.2, 0.25) is 53.2 Å². The van der Waals surface area contributed by atoms with Crippen molar-refractivity contribution in [2.75, 3.05) is 19.6 Å². The Morgan fingerprint density at radius 2 is 1.21 bits per heavy atom. The van der Waals surface area contributed by atoms with Crippen LogP contribution in [0.4, 0.5) is 0 Å². The molecular weight excluding hydrogens is 1000 g/mol. The Kier molecular flexibility index (Phi) is 27.3. The molecule has 1 heterocycles. The Balaban J connectivity index is 1.81. The van der Waals surface area contributed by atoms with Crippen molar-refractivity contribution in [3.63, 3.8) is 0 Å². The average molecular weight is 1090 g/mol. The number of unbranched alkanes of at least 4 members (excludes halogenated alkanes) is 1. The molecular formula is C54H85N15O9. The first-order valence-electron chi connectivity index (χ1n) is 26.7. The molecule has 0 spiro atoms. The van der Waals surface area contributed by atoms with Gasteiger partial charge < -0.3 is 76.2 Å². The SMILES string of the molecule is CC[C@H](C)C(NC(=O)[C@@H](N)Cc1ccccc1)C(=O)N[C@@H](C)C(=O)N[C@@H](Cc1c[nH]c2ccccc12)C(=O)N[C@@H](CC(C)C)C(=O)N[C@H](C(=O)N[C@@H](CCCCN)C(=O)NCC(=O)N[C@H](CCCN=C(N)N)C(N)=O)C(C)C. The predicted molar refractivity (Wildman–Crippen MR) is 298 cm³/mol. The lowest BCUT2D eigenvalue weighted by atomic mass is 9.97. The van der Waals surface area contributed by atoms with Crippen LogP contribution in [0, 0.1) is 17.8 Å². The molecule has 430 valence electrons. The zero-order valence-electron chi connectivity index (χ0n) is 46.1. The second-order valence-corrected chi connectivity index (χ2v) is 20.5. The second-order valence-electron chi connectivity index (χ2n) is 20.5. The molecule has 2 aromatic carbocycles. The quantitative estimate of drug-likeness (QED) is 0.0199. The van der Waals surface area contributed by atoms with E-state index < -0.39 is 114 Å². The van der Waals surface area contributed by atoms with E-state index in [4.69, 9.17) is 28.7 Å². The molecule has 0 radical (unpaired) electrons. The number of aromatic amines is 1. The Bertz CT molecular complexity index is 2500. The van der Waals surface area contributed by atoms with E-state index in [9.17, 15) is 43.2 Å². The minimum Gasteiger partial charge on any atom is -0.370 e. The lowest BCUT2D eigenvalue weighted by Crippen LogP contribution is -2.61. The summed E-state index contributed by atoms with van der Waals surface area (Å²) in [5.41, 5.74) is 30.4. The van der Waals surface area contributed by atoms with Gasteiger partial charge in [0.1, 0.15) is 42.3 Å². The van der Waals surface area contributed by atoms with Gasteiger partial charge in [-0.25, -0.2) is 0 Å². The summed E-state index contributed by atoms with van der Waals surface area (Å²) in [7, 11) is 0. The van der Waals surface area contributed by atoms with Gasteiger partial charge in [-0.05, 0) is 93.4 Å². The van der Waals surface area contributed by atoms with Crippen LogP contribution in [0.25, 0.3) is 10.9 Å². The van der Waals surface area contributed by atoms with Crippen LogP contribution in [-0.4, -0.2) is 132 Å². The third kappa shape index (κ3) is 21.8. The van der Waals surface area contributed by atoms with Crippen LogP contribution in [0.5, 0.6) is 0 Å². The van der Waals surface area contributed by atoms with E-state index in [1.807, 2.05) is 75.4 Å². The van der Waals surface area contributed by atoms with Crippen molar-refractivity contribution in [3.8, 4) is 0 Å². The van der Waals surface area contributed by atoms with Crippen molar-refractivity contribution < 1.29 is 43.2 Å². The molecule has 0 aliphatic rings. The van der Waals surface area contributed by atoms with Gasteiger partial charge >= 0.3 is 0 Å². The number of H-pyrrole nitrogens is 1. The zero-order valence-corrected chi connectivity index (χ0v) is 46.1. The summed E-state index contributed by atoms with van der Waals surface area (Å²) in [5, 5.41) is 22.3. The fourth-order valence-electron chi connectivity index (χ4n) is 8.43. The van der Waals surface area contributed by atoms with Gasteiger partial charge in [-0.15, -0.1) is 0 Å². The number of rotatable bonds is 34. The number of carbonyl (C=O) groups is 9. The van der Waals surface area contributed by atoms with E-state index in [1.165, 1.54) is 6.92 Å². The fraction of sp³-hybridized carbons (Fsp3) is 0.556. The monoisotopic (exact) mass is 1090 g/mol. The molecule has 1 unspecified atom stereocenters. The largest absolute Gasteiger partial charge is 0.370 e. The number of aromatic nitrogens is 1. The molecule has 0 aliphatic heterocycles. The van der Waals surface area contributed by atoms with Crippen molar-refractivity contribution in [1.29, 1.82) is 0 Å². The van der Waals surface area contributed by atoms with E-state index in [0.29, 0.717) is 37.8 Å². The molecule has 1 aromatic heterocycles. The van der Waals surface area contributed by atoms with Gasteiger partial charge in [-0.3, -0.25) is 48.1 Å². The number of nitrogens with one attached hydrogen (secondary N) is 9. The van der Waals surface area contributed by atoms with Gasteiger partial charge in [0.25, 0.3) is 0 Å². The van der Waals surface area contributed by atoms with Crippen LogP contribution >= 0.6 is 0 Å². The number of aliphatic imine (C=N–C) groups is 1. The molecule has 19 N–H and O–H groups in total. The van der Waals surface area contributed by atoms with Crippen molar-refractivity contribution in [2.24, 2.45) is 51.4 Å². The maximum Gasteiger partial charge on any atom is 0.243 e. The van der Waals surface area contributed by atoms with Crippen LogP contribution in [0.2, 0.25) is 0 Å². The van der Waals surface area contributed by atoms with Crippen molar-refractivity contribution >= 4 is 70.0 Å². The third-order valence-corrected chi connectivity index (χ3v) is 13.1. The van der Waals surface area contributed by atoms with E-state index >= 15 is 0 Å². The molecule has 24 heteroatoms. The maximum absolute atomic E-state index is 14.6. The van der Waals surface area contributed by atoms with Crippen molar-refractivity contribution in [1.82, 2.24) is 47.5 Å². The summed E-state index contributed by atoms with van der Waals surface area (Å²) in [6.07, 6.45) is 4.06. The first-order chi connectivity index (χ1) is 36.9. The fourth-order valence-corrected chi connectivity index (χ4v) is 8.43. The highest BCUT2D eigenvalue weighted by molar-refractivity contribution is 5.98. The highest BCUT2D eigenvalue weighted by Crippen LogP contribution is 2.20. The molecule has 9 amide bonds. The second kappa shape index (κ2) is 32.9. The smallest absolute Gasteiger partial charge is 0.243 e. The summed E-state index contributed by atoms with van der Waals surface area (Å²) in [5.74, 6) is -7.46. The zero-order chi connectivity index (χ0) is 58.1. The number of nitrogens with zero attached hydrogens (tertiary/aromatic N) is 1. The van der Waals surface area contributed by atoms with Crippen LogP contribution in [-0.2, 0) is 56.0 Å². The molecule has 0 aliphatic carbocycles.